The van der Waals surface area contributed by atoms with Crippen LogP contribution >= 0.6 is 0 Å². The molecule has 0 bridgehead atoms. The van der Waals surface area contributed by atoms with Gasteiger partial charge in [0.2, 0.25) is 5.91 Å². The Balaban J connectivity index is 2.06. The van der Waals surface area contributed by atoms with E-state index in [1.165, 1.54) is 0 Å². The van der Waals surface area contributed by atoms with Crippen molar-refractivity contribution in [1.82, 2.24) is 14.9 Å². The highest BCUT2D eigenvalue weighted by Gasteiger charge is 2.35. The summed E-state index contributed by atoms with van der Waals surface area (Å²) in [6.45, 7) is 3.75. The van der Waals surface area contributed by atoms with Crippen molar-refractivity contribution in [3.8, 4) is 0 Å². The van der Waals surface area contributed by atoms with Crippen LogP contribution in [0.1, 0.15) is 44.5 Å². The van der Waals surface area contributed by atoms with Gasteiger partial charge in [-0.3, -0.25) is 4.79 Å². The van der Waals surface area contributed by atoms with E-state index in [9.17, 15) is 9.90 Å². The molecule has 0 unspecified atom stereocenters. The van der Waals surface area contributed by atoms with E-state index in [0.29, 0.717) is 0 Å². The third kappa shape index (κ3) is 2.41. The molecule has 1 saturated carbocycles. The van der Waals surface area contributed by atoms with Gasteiger partial charge in [-0.05, 0) is 26.7 Å². The summed E-state index contributed by atoms with van der Waals surface area (Å²) in [5.74, 6) is 0.772. The number of imidazole rings is 1. The number of aryl methyl sites for hydroxylation is 1. The number of amides is 1. The van der Waals surface area contributed by atoms with Crippen LogP contribution in [0.2, 0.25) is 0 Å². The summed E-state index contributed by atoms with van der Waals surface area (Å²) in [5.41, 5.74) is -0.403. The molecule has 2 rings (SSSR count). The highest BCUT2D eigenvalue weighted by atomic mass is 16.3. The Morgan fingerprint density at radius 2 is 2.28 bits per heavy atom. The number of nitrogens with one attached hydrogen (secondary N) is 1. The second-order valence-corrected chi connectivity index (χ2v) is 5.19. The van der Waals surface area contributed by atoms with Crippen LogP contribution in [-0.2, 0) is 4.79 Å². The van der Waals surface area contributed by atoms with Crippen LogP contribution in [0.3, 0.4) is 0 Å². The summed E-state index contributed by atoms with van der Waals surface area (Å²) in [6, 6.07) is -0.295. The Kier molecular flexibility index (Phi) is 3.71. The number of hydrogen-bond donors (Lipinski definition) is 2. The molecule has 2 N–H and O–H groups in total. The summed E-state index contributed by atoms with van der Waals surface area (Å²) < 4.78 is 1.84. The Labute approximate surface area is 107 Å². The average Bonchev–Trinajstić information content (AvgIpc) is 2.98. The average molecular weight is 251 g/mol. The van der Waals surface area contributed by atoms with E-state index in [1.54, 1.807) is 12.4 Å². The lowest BCUT2D eigenvalue weighted by atomic mass is 9.98. The molecule has 0 spiro atoms. The maximum absolute atomic E-state index is 12.2. The van der Waals surface area contributed by atoms with Gasteiger partial charge >= 0.3 is 0 Å². The van der Waals surface area contributed by atoms with Gasteiger partial charge in [-0.15, -0.1) is 0 Å². The molecule has 1 amide bonds. The van der Waals surface area contributed by atoms with Gasteiger partial charge in [-0.25, -0.2) is 4.98 Å². The normalized spacial score (nSPS) is 19.7. The number of aromatic nitrogens is 2. The van der Waals surface area contributed by atoms with Crippen LogP contribution in [0.15, 0.2) is 12.4 Å². The van der Waals surface area contributed by atoms with Crippen LogP contribution in [0.5, 0.6) is 0 Å². The van der Waals surface area contributed by atoms with Gasteiger partial charge in [-0.1, -0.05) is 12.8 Å². The first kappa shape index (κ1) is 13.1. The van der Waals surface area contributed by atoms with Crippen molar-refractivity contribution in [1.29, 1.82) is 0 Å². The Bertz CT molecular complexity index is 422. The van der Waals surface area contributed by atoms with Crippen molar-refractivity contribution in [3.63, 3.8) is 0 Å². The lowest BCUT2D eigenvalue weighted by Crippen LogP contribution is -2.51. The van der Waals surface area contributed by atoms with E-state index in [0.717, 1.165) is 31.5 Å². The number of rotatable bonds is 4. The van der Waals surface area contributed by atoms with Crippen LogP contribution in [-0.4, -0.2) is 32.7 Å². The van der Waals surface area contributed by atoms with Crippen molar-refractivity contribution in [3.05, 3.63) is 18.2 Å². The number of aliphatic hydroxyl groups excluding tert-OH is 1. The Morgan fingerprint density at radius 3 is 2.78 bits per heavy atom. The van der Waals surface area contributed by atoms with Crippen molar-refractivity contribution in [2.24, 2.45) is 0 Å². The van der Waals surface area contributed by atoms with E-state index in [2.05, 4.69) is 10.3 Å². The summed E-state index contributed by atoms with van der Waals surface area (Å²) in [6.07, 6.45) is 7.37. The lowest BCUT2D eigenvalue weighted by Gasteiger charge is -2.30. The summed E-state index contributed by atoms with van der Waals surface area (Å²) in [7, 11) is 0. The first-order valence-corrected chi connectivity index (χ1v) is 6.50. The monoisotopic (exact) mass is 251 g/mol. The van der Waals surface area contributed by atoms with Crippen molar-refractivity contribution in [2.45, 2.75) is 51.1 Å². The predicted octanol–water partition coefficient (Wildman–Crippen LogP) is 1.17. The van der Waals surface area contributed by atoms with E-state index in [1.807, 2.05) is 18.4 Å². The zero-order valence-electron chi connectivity index (χ0n) is 11.0. The molecule has 18 heavy (non-hydrogen) atoms. The smallest absolute Gasteiger partial charge is 0.243 e. The first-order chi connectivity index (χ1) is 8.58. The van der Waals surface area contributed by atoms with Crippen LogP contribution in [0.25, 0.3) is 0 Å². The zero-order valence-corrected chi connectivity index (χ0v) is 11.0. The maximum atomic E-state index is 12.2. The molecule has 1 aromatic rings. The van der Waals surface area contributed by atoms with Gasteiger partial charge in [0.05, 0.1) is 12.1 Å². The Hall–Kier alpha value is -1.36. The summed E-state index contributed by atoms with van der Waals surface area (Å²) in [4.78, 5) is 16.4. The molecule has 0 aliphatic heterocycles. The molecule has 1 aromatic heterocycles. The van der Waals surface area contributed by atoms with Gasteiger partial charge < -0.3 is 15.0 Å². The van der Waals surface area contributed by atoms with E-state index in [4.69, 9.17) is 0 Å². The summed E-state index contributed by atoms with van der Waals surface area (Å²) in [5, 5.41) is 12.5. The molecule has 5 heteroatoms. The molecular weight excluding hydrogens is 230 g/mol. The highest BCUT2D eigenvalue weighted by molar-refractivity contribution is 5.80. The fraction of sp³-hybridized carbons (Fsp3) is 0.692. The lowest BCUT2D eigenvalue weighted by molar-refractivity contribution is -0.126. The predicted molar refractivity (Wildman–Crippen MR) is 68.1 cm³/mol. The van der Waals surface area contributed by atoms with Crippen molar-refractivity contribution >= 4 is 5.91 Å². The SMILES string of the molecule is Cc1nccn1[C@@H](C)C(=O)NC1(CO)CCCC1. The molecule has 1 aliphatic rings. The fourth-order valence-corrected chi connectivity index (χ4v) is 2.66. The highest BCUT2D eigenvalue weighted by Crippen LogP contribution is 2.29. The van der Waals surface area contributed by atoms with Gasteiger partial charge in [-0.2, -0.15) is 0 Å². The minimum atomic E-state index is -0.403. The number of hydrogen-bond acceptors (Lipinski definition) is 3. The molecule has 1 atom stereocenters. The molecule has 1 heterocycles. The molecule has 1 aliphatic carbocycles. The first-order valence-electron chi connectivity index (χ1n) is 6.50. The van der Waals surface area contributed by atoms with Crippen molar-refractivity contribution < 1.29 is 9.90 Å². The molecule has 0 aromatic carbocycles. The number of carbonyl (C=O) groups excluding carboxylic acids is 1. The molecule has 100 valence electrons. The van der Waals surface area contributed by atoms with E-state index >= 15 is 0 Å². The molecule has 5 nitrogen and oxygen atoms in total. The van der Waals surface area contributed by atoms with Gasteiger partial charge in [0.25, 0.3) is 0 Å². The van der Waals surface area contributed by atoms with Crippen LogP contribution in [0, 0.1) is 6.92 Å². The third-order valence-corrected chi connectivity index (χ3v) is 3.91. The van der Waals surface area contributed by atoms with Crippen LogP contribution in [0.4, 0.5) is 0 Å². The van der Waals surface area contributed by atoms with Gasteiger partial charge in [0.15, 0.2) is 0 Å². The molecule has 0 saturated heterocycles. The second kappa shape index (κ2) is 5.10. The number of aliphatic hydroxyl groups is 1. The fourth-order valence-electron chi connectivity index (χ4n) is 2.66. The quantitative estimate of drug-likeness (QED) is 0.844. The van der Waals surface area contributed by atoms with Crippen molar-refractivity contribution in [2.75, 3.05) is 6.61 Å². The van der Waals surface area contributed by atoms with E-state index < -0.39 is 5.54 Å². The standard InChI is InChI=1S/C13H21N3O2/c1-10(16-8-7-14-11(16)2)12(18)15-13(9-17)5-3-4-6-13/h7-8,10,17H,3-6,9H2,1-2H3,(H,15,18)/t10-/m0/s1. The summed E-state index contributed by atoms with van der Waals surface area (Å²) >= 11 is 0. The van der Waals surface area contributed by atoms with Crippen LogP contribution < -0.4 is 5.32 Å². The minimum absolute atomic E-state index is 0.0222. The third-order valence-electron chi connectivity index (χ3n) is 3.91. The molecular formula is C13H21N3O2. The number of carbonyl (C=O) groups is 1. The second-order valence-electron chi connectivity index (χ2n) is 5.19. The molecule has 0 radical (unpaired) electrons. The molecule has 1 fully saturated rings. The van der Waals surface area contributed by atoms with Gasteiger partial charge in [0.1, 0.15) is 11.9 Å². The van der Waals surface area contributed by atoms with E-state index in [-0.39, 0.29) is 18.6 Å². The van der Waals surface area contributed by atoms with Gasteiger partial charge in [0, 0.05) is 12.4 Å². The topological polar surface area (TPSA) is 67.2 Å². The number of nitrogens with zero attached hydrogens (tertiary/aromatic N) is 2. The Morgan fingerprint density at radius 1 is 1.61 bits per heavy atom. The largest absolute Gasteiger partial charge is 0.394 e. The minimum Gasteiger partial charge on any atom is -0.394 e. The zero-order chi connectivity index (χ0) is 13.2. The maximum Gasteiger partial charge on any atom is 0.243 e.